The number of hydrogen-bond donors (Lipinski definition) is 2. The van der Waals surface area contributed by atoms with Crippen molar-refractivity contribution < 1.29 is 4.74 Å². The van der Waals surface area contributed by atoms with Crippen molar-refractivity contribution in [3.63, 3.8) is 0 Å². The topological polar surface area (TPSA) is 72.0 Å². The standard InChI is InChI=1S/C20H27N5O/c1-2-7-15(8-3-1)23-20-24-18(17-10-4-5-11-21-17)13-19(25-20)22-14-16-9-6-12-26-16/h4-5,10-11,13,15-16H,1-3,6-9,12,14H2,(H2,22,23,24,25)/t16-/m1/s1. The summed E-state index contributed by atoms with van der Waals surface area (Å²) in [6.45, 7) is 1.64. The first-order valence-electron chi connectivity index (χ1n) is 9.79. The van der Waals surface area contributed by atoms with Crippen molar-refractivity contribution in [2.24, 2.45) is 0 Å². The van der Waals surface area contributed by atoms with Crippen LogP contribution < -0.4 is 10.6 Å². The van der Waals surface area contributed by atoms with Crippen LogP contribution in [0.5, 0.6) is 0 Å². The van der Waals surface area contributed by atoms with Crippen LogP contribution in [0.4, 0.5) is 11.8 Å². The van der Waals surface area contributed by atoms with E-state index >= 15 is 0 Å². The number of nitrogens with one attached hydrogen (secondary N) is 2. The molecule has 3 heterocycles. The van der Waals surface area contributed by atoms with Gasteiger partial charge in [0.2, 0.25) is 5.95 Å². The van der Waals surface area contributed by atoms with Crippen LogP contribution in [0, 0.1) is 0 Å². The molecule has 6 nitrogen and oxygen atoms in total. The van der Waals surface area contributed by atoms with E-state index in [-0.39, 0.29) is 6.10 Å². The predicted octanol–water partition coefficient (Wildman–Crippen LogP) is 3.87. The minimum absolute atomic E-state index is 0.276. The van der Waals surface area contributed by atoms with E-state index in [2.05, 4.69) is 15.6 Å². The summed E-state index contributed by atoms with van der Waals surface area (Å²) in [5.41, 5.74) is 1.70. The molecule has 0 aromatic carbocycles. The molecule has 0 spiro atoms. The van der Waals surface area contributed by atoms with Gasteiger partial charge in [0.05, 0.1) is 17.5 Å². The fourth-order valence-electron chi connectivity index (χ4n) is 3.70. The summed E-state index contributed by atoms with van der Waals surface area (Å²) < 4.78 is 5.71. The second-order valence-corrected chi connectivity index (χ2v) is 7.17. The summed E-state index contributed by atoms with van der Waals surface area (Å²) in [7, 11) is 0. The second-order valence-electron chi connectivity index (χ2n) is 7.17. The van der Waals surface area contributed by atoms with E-state index in [9.17, 15) is 0 Å². The molecule has 0 bridgehead atoms. The SMILES string of the molecule is c1ccc(-c2cc(NC[C@H]3CCCO3)nc(NC3CCCCC3)n2)nc1. The molecule has 2 N–H and O–H groups in total. The Hall–Kier alpha value is -2.21. The lowest BCUT2D eigenvalue weighted by Crippen LogP contribution is -2.24. The molecule has 2 aliphatic rings. The summed E-state index contributed by atoms with van der Waals surface area (Å²) in [4.78, 5) is 13.9. The predicted molar refractivity (Wildman–Crippen MR) is 103 cm³/mol. The van der Waals surface area contributed by atoms with Crippen molar-refractivity contribution in [3.05, 3.63) is 30.5 Å². The molecule has 1 saturated carbocycles. The maximum absolute atomic E-state index is 5.71. The van der Waals surface area contributed by atoms with Gasteiger partial charge < -0.3 is 15.4 Å². The summed E-state index contributed by atoms with van der Waals surface area (Å²) in [6.07, 6.45) is 10.6. The van der Waals surface area contributed by atoms with Gasteiger partial charge in [-0.2, -0.15) is 4.98 Å². The zero-order valence-electron chi connectivity index (χ0n) is 15.2. The molecule has 0 amide bonds. The monoisotopic (exact) mass is 353 g/mol. The van der Waals surface area contributed by atoms with Crippen molar-refractivity contribution in [2.45, 2.75) is 57.1 Å². The Morgan fingerprint density at radius 2 is 1.92 bits per heavy atom. The van der Waals surface area contributed by atoms with Crippen LogP contribution in [-0.2, 0) is 4.74 Å². The van der Waals surface area contributed by atoms with Gasteiger partial charge in [0.15, 0.2) is 0 Å². The molecule has 6 heteroatoms. The van der Waals surface area contributed by atoms with E-state index < -0.39 is 0 Å². The van der Waals surface area contributed by atoms with Crippen molar-refractivity contribution in [1.82, 2.24) is 15.0 Å². The second kappa shape index (κ2) is 8.45. The largest absolute Gasteiger partial charge is 0.376 e. The highest BCUT2D eigenvalue weighted by atomic mass is 16.5. The third kappa shape index (κ3) is 4.49. The fourth-order valence-corrected chi connectivity index (χ4v) is 3.70. The van der Waals surface area contributed by atoms with Crippen LogP contribution in [-0.4, -0.2) is 40.2 Å². The minimum Gasteiger partial charge on any atom is -0.376 e. The number of pyridine rings is 1. The summed E-state index contributed by atoms with van der Waals surface area (Å²) in [5.74, 6) is 1.52. The first-order valence-corrected chi connectivity index (χ1v) is 9.79. The third-order valence-electron chi connectivity index (χ3n) is 5.13. The first kappa shape index (κ1) is 17.2. The zero-order chi connectivity index (χ0) is 17.6. The van der Waals surface area contributed by atoms with Gasteiger partial charge in [0.1, 0.15) is 5.82 Å². The van der Waals surface area contributed by atoms with Gasteiger partial charge in [-0.1, -0.05) is 25.3 Å². The molecule has 26 heavy (non-hydrogen) atoms. The highest BCUT2D eigenvalue weighted by Crippen LogP contribution is 2.24. The van der Waals surface area contributed by atoms with Crippen LogP contribution in [0.25, 0.3) is 11.4 Å². The molecule has 0 radical (unpaired) electrons. The van der Waals surface area contributed by atoms with Gasteiger partial charge in [-0.3, -0.25) is 4.98 Å². The molecule has 1 atom stereocenters. The lowest BCUT2D eigenvalue weighted by atomic mass is 9.96. The van der Waals surface area contributed by atoms with Crippen LogP contribution in [0.1, 0.15) is 44.9 Å². The summed E-state index contributed by atoms with van der Waals surface area (Å²) in [6, 6.07) is 8.33. The Balaban J connectivity index is 1.54. The van der Waals surface area contributed by atoms with Gasteiger partial charge in [0, 0.05) is 31.5 Å². The minimum atomic E-state index is 0.276. The average Bonchev–Trinajstić information content (AvgIpc) is 3.21. The lowest BCUT2D eigenvalue weighted by Gasteiger charge is -2.23. The summed E-state index contributed by atoms with van der Waals surface area (Å²) >= 11 is 0. The summed E-state index contributed by atoms with van der Waals surface area (Å²) in [5, 5.41) is 6.97. The third-order valence-corrected chi connectivity index (χ3v) is 5.13. The highest BCUT2D eigenvalue weighted by Gasteiger charge is 2.18. The molecule has 2 aromatic rings. The van der Waals surface area contributed by atoms with Crippen LogP contribution in [0.2, 0.25) is 0 Å². The molecule has 138 valence electrons. The van der Waals surface area contributed by atoms with Gasteiger partial charge >= 0.3 is 0 Å². The Labute approximate surface area is 154 Å². The normalized spacial score (nSPS) is 20.8. The first-order chi connectivity index (χ1) is 12.9. The molecule has 1 aliphatic carbocycles. The van der Waals surface area contributed by atoms with E-state index in [1.807, 2.05) is 24.3 Å². The molecular weight excluding hydrogens is 326 g/mol. The number of nitrogens with zero attached hydrogens (tertiary/aromatic N) is 3. The Bertz CT molecular complexity index is 697. The smallest absolute Gasteiger partial charge is 0.225 e. The molecule has 1 saturated heterocycles. The number of ether oxygens (including phenoxy) is 1. The van der Waals surface area contributed by atoms with E-state index in [0.29, 0.717) is 12.0 Å². The molecule has 2 aromatic heterocycles. The van der Waals surface area contributed by atoms with Crippen LogP contribution >= 0.6 is 0 Å². The van der Waals surface area contributed by atoms with Crippen molar-refractivity contribution >= 4 is 11.8 Å². The molecule has 0 unspecified atom stereocenters. The molecule has 2 fully saturated rings. The van der Waals surface area contributed by atoms with Crippen molar-refractivity contribution in [1.29, 1.82) is 0 Å². The van der Waals surface area contributed by atoms with Gasteiger partial charge in [-0.15, -0.1) is 0 Å². The number of aromatic nitrogens is 3. The Morgan fingerprint density at radius 3 is 2.69 bits per heavy atom. The lowest BCUT2D eigenvalue weighted by molar-refractivity contribution is 0.120. The van der Waals surface area contributed by atoms with Gasteiger partial charge in [-0.05, 0) is 37.8 Å². The molecular formula is C20H27N5O. The van der Waals surface area contributed by atoms with Gasteiger partial charge in [0.25, 0.3) is 0 Å². The number of hydrogen-bond acceptors (Lipinski definition) is 6. The van der Waals surface area contributed by atoms with E-state index in [4.69, 9.17) is 14.7 Å². The van der Waals surface area contributed by atoms with E-state index in [1.54, 1.807) is 6.20 Å². The maximum atomic E-state index is 5.71. The average molecular weight is 353 g/mol. The zero-order valence-corrected chi connectivity index (χ0v) is 15.2. The van der Waals surface area contributed by atoms with E-state index in [1.165, 1.54) is 32.1 Å². The van der Waals surface area contributed by atoms with Crippen molar-refractivity contribution in [2.75, 3.05) is 23.8 Å². The Kier molecular flexibility index (Phi) is 5.59. The van der Waals surface area contributed by atoms with Crippen molar-refractivity contribution in [3.8, 4) is 11.4 Å². The molecule has 4 rings (SSSR count). The molecule has 1 aliphatic heterocycles. The van der Waals surface area contributed by atoms with Gasteiger partial charge in [-0.25, -0.2) is 4.98 Å². The number of rotatable bonds is 6. The highest BCUT2D eigenvalue weighted by molar-refractivity contribution is 5.61. The maximum Gasteiger partial charge on any atom is 0.225 e. The quantitative estimate of drug-likeness (QED) is 0.821. The van der Waals surface area contributed by atoms with Crippen LogP contribution in [0.15, 0.2) is 30.5 Å². The van der Waals surface area contributed by atoms with Crippen LogP contribution in [0.3, 0.4) is 0 Å². The Morgan fingerprint density at radius 1 is 1.00 bits per heavy atom. The number of anilines is 2. The van der Waals surface area contributed by atoms with E-state index in [0.717, 1.165) is 43.2 Å². The fraction of sp³-hybridized carbons (Fsp3) is 0.550.